The maximum absolute atomic E-state index is 13.2. The fraction of sp³-hybridized carbons (Fsp3) is 0.250. The highest BCUT2D eigenvalue weighted by molar-refractivity contribution is 5.94. The van der Waals surface area contributed by atoms with Gasteiger partial charge in [0, 0.05) is 24.1 Å². The van der Waals surface area contributed by atoms with Crippen LogP contribution in [0.25, 0.3) is 0 Å². The lowest BCUT2D eigenvalue weighted by atomic mass is 9.95. The van der Waals surface area contributed by atoms with Crippen molar-refractivity contribution in [3.05, 3.63) is 89.5 Å². The van der Waals surface area contributed by atoms with Gasteiger partial charge < -0.3 is 25.8 Å². The highest BCUT2D eigenvalue weighted by Gasteiger charge is 2.44. The summed E-state index contributed by atoms with van der Waals surface area (Å²) < 4.78 is 5.14. The summed E-state index contributed by atoms with van der Waals surface area (Å²) >= 11 is 0. The van der Waals surface area contributed by atoms with Crippen molar-refractivity contribution >= 4 is 17.6 Å². The van der Waals surface area contributed by atoms with Gasteiger partial charge in [0.05, 0.1) is 18.7 Å². The number of rotatable bonds is 9. The van der Waals surface area contributed by atoms with Gasteiger partial charge in [-0.3, -0.25) is 4.79 Å². The molecule has 1 aliphatic rings. The van der Waals surface area contributed by atoms with Crippen molar-refractivity contribution < 1.29 is 19.4 Å². The average molecular weight is 485 g/mol. The average Bonchev–Trinajstić information content (AvgIpc) is 3.69. The standard InChI is InChI=1S/C28H28N4O4/c1-36-24-12-8-22(9-13-24)31-27(35)32-25(16-19-2-4-20(17-29)5-3-19)26(34)30-18-28(14-15-28)21-6-10-23(33)11-7-21/h2-13,25,33H,14-16,18H2,1H3,(H,30,34)(H2,31,32,35)/t25-/m0/s1. The Kier molecular flexibility index (Phi) is 7.40. The van der Waals surface area contributed by atoms with E-state index in [4.69, 9.17) is 10.00 Å². The molecule has 0 aromatic heterocycles. The van der Waals surface area contributed by atoms with Crippen LogP contribution in [0, 0.1) is 11.3 Å². The summed E-state index contributed by atoms with van der Waals surface area (Å²) in [6.45, 7) is 0.433. The van der Waals surface area contributed by atoms with Gasteiger partial charge in [0.1, 0.15) is 17.5 Å². The highest BCUT2D eigenvalue weighted by atomic mass is 16.5. The summed E-state index contributed by atoms with van der Waals surface area (Å²) in [6, 6.07) is 21.6. The van der Waals surface area contributed by atoms with Crippen LogP contribution in [0.3, 0.4) is 0 Å². The van der Waals surface area contributed by atoms with Crippen LogP contribution in [0.1, 0.15) is 29.5 Å². The van der Waals surface area contributed by atoms with Gasteiger partial charge >= 0.3 is 6.03 Å². The second-order valence-electron chi connectivity index (χ2n) is 8.94. The van der Waals surface area contributed by atoms with E-state index in [1.54, 1.807) is 67.8 Å². The number of nitrogens with one attached hydrogen (secondary N) is 3. The zero-order valence-electron chi connectivity index (χ0n) is 20.0. The second kappa shape index (κ2) is 10.8. The lowest BCUT2D eigenvalue weighted by Gasteiger charge is -2.22. The smallest absolute Gasteiger partial charge is 0.319 e. The van der Waals surface area contributed by atoms with Gasteiger partial charge in [-0.1, -0.05) is 24.3 Å². The minimum Gasteiger partial charge on any atom is -0.508 e. The molecule has 1 saturated carbocycles. The van der Waals surface area contributed by atoms with Crippen LogP contribution >= 0.6 is 0 Å². The Balaban J connectivity index is 1.44. The Morgan fingerprint density at radius 1 is 1.03 bits per heavy atom. The number of phenolic OH excluding ortho intramolecular Hbond substituents is 1. The summed E-state index contributed by atoms with van der Waals surface area (Å²) in [5.41, 5.74) is 2.81. The zero-order chi connectivity index (χ0) is 25.5. The third-order valence-electron chi connectivity index (χ3n) is 6.43. The number of methoxy groups -OCH3 is 1. The maximum Gasteiger partial charge on any atom is 0.319 e. The van der Waals surface area contributed by atoms with E-state index in [1.807, 2.05) is 12.1 Å². The van der Waals surface area contributed by atoms with Crippen molar-refractivity contribution in [3.63, 3.8) is 0 Å². The lowest BCUT2D eigenvalue weighted by Crippen LogP contribution is -2.50. The van der Waals surface area contributed by atoms with E-state index >= 15 is 0 Å². The number of benzene rings is 3. The fourth-order valence-corrected chi connectivity index (χ4v) is 4.07. The third kappa shape index (κ3) is 6.13. The van der Waals surface area contributed by atoms with Crippen LogP contribution in [-0.2, 0) is 16.6 Å². The van der Waals surface area contributed by atoms with Crippen molar-refractivity contribution in [2.24, 2.45) is 0 Å². The van der Waals surface area contributed by atoms with Crippen molar-refractivity contribution in [2.45, 2.75) is 30.7 Å². The summed E-state index contributed by atoms with van der Waals surface area (Å²) in [5.74, 6) is 0.573. The number of hydrogen-bond donors (Lipinski definition) is 4. The van der Waals surface area contributed by atoms with Crippen LogP contribution in [0.15, 0.2) is 72.8 Å². The Labute approximate surface area is 209 Å². The molecule has 0 heterocycles. The summed E-state index contributed by atoms with van der Waals surface area (Å²) in [5, 5.41) is 27.2. The first-order chi connectivity index (χ1) is 17.4. The van der Waals surface area contributed by atoms with E-state index in [2.05, 4.69) is 22.0 Å². The minimum atomic E-state index is -0.827. The molecule has 3 aromatic rings. The van der Waals surface area contributed by atoms with Crippen molar-refractivity contribution in [3.8, 4) is 17.6 Å². The number of hydrogen-bond acceptors (Lipinski definition) is 5. The molecule has 36 heavy (non-hydrogen) atoms. The van der Waals surface area contributed by atoms with Gasteiger partial charge in [0.25, 0.3) is 0 Å². The van der Waals surface area contributed by atoms with Crippen molar-refractivity contribution in [1.82, 2.24) is 10.6 Å². The topological polar surface area (TPSA) is 123 Å². The molecule has 0 spiro atoms. The van der Waals surface area contributed by atoms with E-state index in [0.29, 0.717) is 23.5 Å². The number of phenols is 1. The minimum absolute atomic E-state index is 0.159. The molecule has 3 amide bonds. The fourth-order valence-electron chi connectivity index (χ4n) is 4.07. The first-order valence-electron chi connectivity index (χ1n) is 11.7. The predicted molar refractivity (Wildman–Crippen MR) is 136 cm³/mol. The van der Waals surface area contributed by atoms with Gasteiger partial charge in [-0.15, -0.1) is 0 Å². The normalized spacial score (nSPS) is 14.1. The highest BCUT2D eigenvalue weighted by Crippen LogP contribution is 2.47. The predicted octanol–water partition coefficient (Wildman–Crippen LogP) is 3.85. The molecule has 0 saturated heterocycles. The first-order valence-corrected chi connectivity index (χ1v) is 11.7. The van der Waals surface area contributed by atoms with Gasteiger partial charge in [-0.2, -0.15) is 5.26 Å². The number of nitriles is 1. The van der Waals surface area contributed by atoms with E-state index in [1.165, 1.54) is 0 Å². The molecule has 4 N–H and O–H groups in total. The second-order valence-corrected chi connectivity index (χ2v) is 8.94. The summed E-state index contributed by atoms with van der Waals surface area (Å²) in [4.78, 5) is 26.0. The Morgan fingerprint density at radius 3 is 2.28 bits per heavy atom. The molecule has 3 aromatic carbocycles. The number of ether oxygens (including phenoxy) is 1. The molecular formula is C28H28N4O4. The van der Waals surface area contributed by atoms with Crippen molar-refractivity contribution in [1.29, 1.82) is 5.26 Å². The molecule has 1 atom stereocenters. The molecule has 0 radical (unpaired) electrons. The molecular weight excluding hydrogens is 456 g/mol. The molecule has 8 heteroatoms. The van der Waals surface area contributed by atoms with Gasteiger partial charge in [0.2, 0.25) is 5.91 Å². The number of carbonyl (C=O) groups excluding carboxylic acids is 2. The van der Waals surface area contributed by atoms with E-state index in [9.17, 15) is 14.7 Å². The largest absolute Gasteiger partial charge is 0.508 e. The molecule has 4 rings (SSSR count). The first kappa shape index (κ1) is 24.6. The molecule has 184 valence electrons. The molecule has 1 fully saturated rings. The Morgan fingerprint density at radius 2 is 1.69 bits per heavy atom. The summed E-state index contributed by atoms with van der Waals surface area (Å²) in [7, 11) is 1.56. The zero-order valence-corrected chi connectivity index (χ0v) is 20.0. The van der Waals surface area contributed by atoms with Gasteiger partial charge in [0.15, 0.2) is 0 Å². The van der Waals surface area contributed by atoms with Crippen LogP contribution in [-0.4, -0.2) is 36.7 Å². The quantitative estimate of drug-likeness (QED) is 0.367. The number of urea groups is 1. The molecule has 0 unspecified atom stereocenters. The molecule has 0 aliphatic heterocycles. The number of amides is 3. The van der Waals surface area contributed by atoms with E-state index in [0.717, 1.165) is 24.0 Å². The molecule has 1 aliphatic carbocycles. The van der Waals surface area contributed by atoms with Crippen LogP contribution in [0.4, 0.5) is 10.5 Å². The number of carbonyl (C=O) groups is 2. The third-order valence-corrected chi connectivity index (χ3v) is 6.43. The number of nitrogens with zero attached hydrogens (tertiary/aromatic N) is 1. The SMILES string of the molecule is COc1ccc(NC(=O)N[C@@H](Cc2ccc(C#N)cc2)C(=O)NCC2(c3ccc(O)cc3)CC2)cc1. The van der Waals surface area contributed by atoms with Crippen LogP contribution in [0.2, 0.25) is 0 Å². The Bertz CT molecular complexity index is 1240. The number of anilines is 1. The summed E-state index contributed by atoms with van der Waals surface area (Å²) in [6.07, 6.45) is 2.13. The molecule has 0 bridgehead atoms. The van der Waals surface area contributed by atoms with Crippen LogP contribution in [0.5, 0.6) is 11.5 Å². The number of aromatic hydroxyl groups is 1. The van der Waals surface area contributed by atoms with Gasteiger partial charge in [-0.25, -0.2) is 4.79 Å². The van der Waals surface area contributed by atoms with Gasteiger partial charge in [-0.05, 0) is 72.5 Å². The lowest BCUT2D eigenvalue weighted by molar-refractivity contribution is -0.123. The van der Waals surface area contributed by atoms with E-state index in [-0.39, 0.29) is 23.5 Å². The van der Waals surface area contributed by atoms with Crippen molar-refractivity contribution in [2.75, 3.05) is 19.0 Å². The Hall–Kier alpha value is -4.51. The monoisotopic (exact) mass is 484 g/mol. The van der Waals surface area contributed by atoms with Crippen LogP contribution < -0.4 is 20.7 Å². The maximum atomic E-state index is 13.2. The molecule has 8 nitrogen and oxygen atoms in total. The van der Waals surface area contributed by atoms with E-state index < -0.39 is 12.1 Å².